The lowest BCUT2D eigenvalue weighted by Gasteiger charge is -2.17. The Hall–Kier alpha value is -2.59. The first kappa shape index (κ1) is 16.3. The SMILES string of the molecule is CCC(NC(=O)c1cc2ccccc2c(=O)[nH]1)c1ccc(Cl)cc1. The molecule has 0 aliphatic heterocycles. The Morgan fingerprint density at radius 1 is 1.17 bits per heavy atom. The molecular weight excluding hydrogens is 324 g/mol. The predicted molar refractivity (Wildman–Crippen MR) is 96.5 cm³/mol. The van der Waals surface area contributed by atoms with Gasteiger partial charge in [-0.15, -0.1) is 0 Å². The molecule has 2 aromatic carbocycles. The van der Waals surface area contributed by atoms with E-state index in [9.17, 15) is 9.59 Å². The van der Waals surface area contributed by atoms with E-state index >= 15 is 0 Å². The molecule has 0 saturated heterocycles. The van der Waals surface area contributed by atoms with E-state index < -0.39 is 0 Å². The second kappa shape index (κ2) is 6.89. The summed E-state index contributed by atoms with van der Waals surface area (Å²) in [6.45, 7) is 1.99. The third-order valence-electron chi connectivity index (χ3n) is 3.98. The average molecular weight is 341 g/mol. The molecule has 4 nitrogen and oxygen atoms in total. The molecule has 0 aliphatic rings. The van der Waals surface area contributed by atoms with E-state index in [4.69, 9.17) is 11.6 Å². The smallest absolute Gasteiger partial charge is 0.268 e. The molecule has 3 rings (SSSR count). The monoisotopic (exact) mass is 340 g/mol. The molecular formula is C19H17ClN2O2. The fourth-order valence-electron chi connectivity index (χ4n) is 2.69. The molecule has 0 fully saturated rings. The normalized spacial score (nSPS) is 12.1. The number of halogens is 1. The number of carbonyl (C=O) groups is 1. The van der Waals surface area contributed by atoms with Gasteiger partial charge in [-0.05, 0) is 41.6 Å². The van der Waals surface area contributed by atoms with Crippen molar-refractivity contribution >= 4 is 28.3 Å². The Kier molecular flexibility index (Phi) is 4.67. The van der Waals surface area contributed by atoms with Gasteiger partial charge in [0.25, 0.3) is 11.5 Å². The summed E-state index contributed by atoms with van der Waals surface area (Å²) in [6.07, 6.45) is 0.727. The highest BCUT2D eigenvalue weighted by Gasteiger charge is 2.15. The van der Waals surface area contributed by atoms with E-state index in [2.05, 4.69) is 10.3 Å². The van der Waals surface area contributed by atoms with E-state index in [0.717, 1.165) is 17.4 Å². The number of benzene rings is 2. The van der Waals surface area contributed by atoms with Gasteiger partial charge >= 0.3 is 0 Å². The zero-order valence-corrected chi connectivity index (χ0v) is 13.9. The summed E-state index contributed by atoms with van der Waals surface area (Å²) in [4.78, 5) is 27.3. The number of rotatable bonds is 4. The molecule has 122 valence electrons. The van der Waals surface area contributed by atoms with Gasteiger partial charge in [0.1, 0.15) is 5.69 Å². The van der Waals surface area contributed by atoms with Crippen molar-refractivity contribution in [2.24, 2.45) is 0 Å². The lowest BCUT2D eigenvalue weighted by molar-refractivity contribution is 0.0930. The molecule has 0 bridgehead atoms. The predicted octanol–water partition coefficient (Wildman–Crippen LogP) is 4.06. The van der Waals surface area contributed by atoms with E-state index in [1.165, 1.54) is 0 Å². The first-order valence-electron chi connectivity index (χ1n) is 7.77. The molecule has 3 aromatic rings. The Morgan fingerprint density at radius 3 is 2.58 bits per heavy atom. The van der Waals surface area contributed by atoms with Crippen LogP contribution in [0.1, 0.15) is 35.4 Å². The Balaban J connectivity index is 1.88. The highest BCUT2D eigenvalue weighted by atomic mass is 35.5. The number of carbonyl (C=O) groups excluding carboxylic acids is 1. The van der Waals surface area contributed by atoms with Crippen molar-refractivity contribution in [1.82, 2.24) is 10.3 Å². The van der Waals surface area contributed by atoms with E-state index in [0.29, 0.717) is 10.4 Å². The summed E-state index contributed by atoms with van der Waals surface area (Å²) >= 11 is 5.91. The lowest BCUT2D eigenvalue weighted by Crippen LogP contribution is -2.30. The molecule has 0 spiro atoms. The summed E-state index contributed by atoms with van der Waals surface area (Å²) in [5.74, 6) is -0.306. The number of fused-ring (bicyclic) bond motifs is 1. The van der Waals surface area contributed by atoms with Crippen molar-refractivity contribution in [3.8, 4) is 0 Å². The summed E-state index contributed by atoms with van der Waals surface area (Å²) in [5, 5.41) is 4.92. The minimum absolute atomic E-state index is 0.148. The van der Waals surface area contributed by atoms with Crippen LogP contribution in [0, 0.1) is 0 Å². The Morgan fingerprint density at radius 2 is 1.88 bits per heavy atom. The van der Waals surface area contributed by atoms with Gasteiger partial charge in [-0.25, -0.2) is 0 Å². The third kappa shape index (κ3) is 3.34. The minimum Gasteiger partial charge on any atom is -0.344 e. The first-order chi connectivity index (χ1) is 11.6. The van der Waals surface area contributed by atoms with Crippen molar-refractivity contribution in [3.05, 3.63) is 81.2 Å². The van der Waals surface area contributed by atoms with E-state index in [-0.39, 0.29) is 23.2 Å². The number of hydrogen-bond donors (Lipinski definition) is 2. The molecule has 0 aliphatic carbocycles. The maximum absolute atomic E-state index is 12.5. The number of hydrogen-bond acceptors (Lipinski definition) is 2. The average Bonchev–Trinajstić information content (AvgIpc) is 2.60. The van der Waals surface area contributed by atoms with Crippen LogP contribution in [0.5, 0.6) is 0 Å². The zero-order chi connectivity index (χ0) is 17.1. The van der Waals surface area contributed by atoms with Crippen LogP contribution in [-0.2, 0) is 0 Å². The molecule has 1 atom stereocenters. The molecule has 1 unspecified atom stereocenters. The van der Waals surface area contributed by atoms with Crippen LogP contribution in [0.15, 0.2) is 59.4 Å². The highest BCUT2D eigenvalue weighted by molar-refractivity contribution is 6.30. The number of amides is 1. The molecule has 24 heavy (non-hydrogen) atoms. The van der Waals surface area contributed by atoms with Gasteiger partial charge in [-0.1, -0.05) is 48.9 Å². The minimum atomic E-state index is -0.306. The van der Waals surface area contributed by atoms with Crippen molar-refractivity contribution in [1.29, 1.82) is 0 Å². The van der Waals surface area contributed by atoms with Gasteiger partial charge < -0.3 is 10.3 Å². The van der Waals surface area contributed by atoms with Crippen molar-refractivity contribution in [3.63, 3.8) is 0 Å². The van der Waals surface area contributed by atoms with Crippen LogP contribution in [0.25, 0.3) is 10.8 Å². The lowest BCUT2D eigenvalue weighted by atomic mass is 10.0. The van der Waals surface area contributed by atoms with Gasteiger partial charge in [-0.3, -0.25) is 9.59 Å². The number of nitrogens with one attached hydrogen (secondary N) is 2. The third-order valence-corrected chi connectivity index (χ3v) is 4.24. The summed E-state index contributed by atoms with van der Waals surface area (Å²) in [6, 6.07) is 16.1. The number of aromatic amines is 1. The fraction of sp³-hybridized carbons (Fsp3) is 0.158. The van der Waals surface area contributed by atoms with Crippen molar-refractivity contribution in [2.75, 3.05) is 0 Å². The van der Waals surface area contributed by atoms with Crippen LogP contribution in [0.3, 0.4) is 0 Å². The number of pyridine rings is 1. The van der Waals surface area contributed by atoms with Crippen LogP contribution in [-0.4, -0.2) is 10.9 Å². The van der Waals surface area contributed by atoms with Gasteiger partial charge in [0.05, 0.1) is 6.04 Å². The highest BCUT2D eigenvalue weighted by Crippen LogP contribution is 2.20. The quantitative estimate of drug-likeness (QED) is 0.752. The maximum Gasteiger partial charge on any atom is 0.268 e. The molecule has 0 saturated carbocycles. The van der Waals surface area contributed by atoms with E-state index in [1.54, 1.807) is 30.3 Å². The molecule has 5 heteroatoms. The number of aromatic nitrogens is 1. The number of H-pyrrole nitrogens is 1. The second-order valence-electron chi connectivity index (χ2n) is 5.59. The van der Waals surface area contributed by atoms with Crippen molar-refractivity contribution < 1.29 is 4.79 Å². The zero-order valence-electron chi connectivity index (χ0n) is 13.2. The Labute approximate surface area is 144 Å². The van der Waals surface area contributed by atoms with Crippen molar-refractivity contribution in [2.45, 2.75) is 19.4 Å². The largest absolute Gasteiger partial charge is 0.344 e. The van der Waals surface area contributed by atoms with Crippen LogP contribution >= 0.6 is 11.6 Å². The summed E-state index contributed by atoms with van der Waals surface area (Å²) in [7, 11) is 0. The van der Waals surface area contributed by atoms with Gasteiger partial charge in [0, 0.05) is 10.4 Å². The first-order valence-corrected chi connectivity index (χ1v) is 8.14. The molecule has 2 N–H and O–H groups in total. The summed E-state index contributed by atoms with van der Waals surface area (Å²) < 4.78 is 0. The summed E-state index contributed by atoms with van der Waals surface area (Å²) in [5.41, 5.74) is 0.960. The van der Waals surface area contributed by atoms with Crippen LogP contribution < -0.4 is 10.9 Å². The van der Waals surface area contributed by atoms with Crippen LogP contribution in [0.4, 0.5) is 0 Å². The molecule has 0 radical (unpaired) electrons. The second-order valence-corrected chi connectivity index (χ2v) is 6.02. The topological polar surface area (TPSA) is 62.0 Å². The van der Waals surface area contributed by atoms with Gasteiger partial charge in [-0.2, -0.15) is 0 Å². The van der Waals surface area contributed by atoms with Gasteiger partial charge in [0.2, 0.25) is 0 Å². The molecule has 1 amide bonds. The van der Waals surface area contributed by atoms with Crippen LogP contribution in [0.2, 0.25) is 5.02 Å². The fourth-order valence-corrected chi connectivity index (χ4v) is 2.81. The molecule has 1 aromatic heterocycles. The van der Waals surface area contributed by atoms with E-state index in [1.807, 2.05) is 31.2 Å². The maximum atomic E-state index is 12.5. The van der Waals surface area contributed by atoms with Gasteiger partial charge in [0.15, 0.2) is 0 Å². The molecule has 1 heterocycles. The Bertz CT molecular complexity index is 932. The standard InChI is InChI=1S/C19H17ClN2O2/c1-2-16(12-7-9-14(20)10-8-12)21-19(24)17-11-13-5-3-4-6-15(13)18(23)22-17/h3-11,16H,2H2,1H3,(H,21,24)(H,22,23).